The van der Waals surface area contributed by atoms with Gasteiger partial charge in [-0.3, -0.25) is 14.8 Å². The van der Waals surface area contributed by atoms with Gasteiger partial charge in [-0.2, -0.15) is 15.6 Å². The maximum atomic E-state index is 11.6. The summed E-state index contributed by atoms with van der Waals surface area (Å²) in [5.74, 6) is 0.113. The molecule has 1 saturated heterocycles. The van der Waals surface area contributed by atoms with E-state index in [2.05, 4.69) is 10.2 Å². The number of carbonyl (C=O) groups is 1. The maximum absolute atomic E-state index is 11.6. The van der Waals surface area contributed by atoms with Crippen LogP contribution >= 0.6 is 11.6 Å². The van der Waals surface area contributed by atoms with E-state index in [-0.39, 0.29) is 35.5 Å². The van der Waals surface area contributed by atoms with Gasteiger partial charge in [-0.1, -0.05) is 0 Å². The van der Waals surface area contributed by atoms with Crippen LogP contribution in [0.25, 0.3) is 0 Å². The second kappa shape index (κ2) is 4.44. The molecule has 1 aromatic heterocycles. The molecular weight excluding hydrogens is 242 g/mol. The van der Waals surface area contributed by atoms with E-state index in [4.69, 9.17) is 22.1 Å². The Kier molecular flexibility index (Phi) is 2.99. The maximum Gasteiger partial charge on any atom is 0.229 e. The number of carbonyl (C=O) groups excluding carboxylic acids is 1. The molecule has 0 spiro atoms. The highest BCUT2D eigenvalue weighted by atomic mass is 35.5. The van der Waals surface area contributed by atoms with Crippen molar-refractivity contribution in [3.63, 3.8) is 0 Å². The molecule has 1 atom stereocenters. The quantitative estimate of drug-likeness (QED) is 0.780. The smallest absolute Gasteiger partial charge is 0.229 e. The Balaban J connectivity index is 2.37. The lowest BCUT2D eigenvalue weighted by Gasteiger charge is -2.12. The number of anilines is 1. The van der Waals surface area contributed by atoms with Crippen molar-refractivity contribution in [3.8, 4) is 12.1 Å². The number of alkyl halides is 1. The molecule has 17 heavy (non-hydrogen) atoms. The van der Waals surface area contributed by atoms with Gasteiger partial charge in [-0.05, 0) is 0 Å². The predicted octanol–water partition coefficient (Wildman–Crippen LogP) is 0.692. The van der Waals surface area contributed by atoms with Crippen molar-refractivity contribution in [1.82, 2.24) is 10.2 Å². The van der Waals surface area contributed by atoms with Gasteiger partial charge in [0.15, 0.2) is 5.82 Å². The van der Waals surface area contributed by atoms with Crippen molar-refractivity contribution in [2.45, 2.75) is 18.2 Å². The van der Waals surface area contributed by atoms with Crippen LogP contribution in [0.5, 0.6) is 0 Å². The highest BCUT2D eigenvalue weighted by Crippen LogP contribution is 2.26. The zero-order chi connectivity index (χ0) is 12.4. The summed E-state index contributed by atoms with van der Waals surface area (Å²) in [4.78, 5) is 13.0. The van der Waals surface area contributed by atoms with E-state index < -0.39 is 0 Å². The average Bonchev–Trinajstić information content (AvgIpc) is 2.82. The number of halogens is 1. The molecule has 6 nitrogen and oxygen atoms in total. The lowest BCUT2D eigenvalue weighted by molar-refractivity contribution is -0.117. The van der Waals surface area contributed by atoms with Crippen LogP contribution in [-0.2, 0) is 11.2 Å². The molecule has 1 aliphatic heterocycles. The van der Waals surface area contributed by atoms with Gasteiger partial charge in [0.25, 0.3) is 0 Å². The molecule has 1 aliphatic rings. The number of nitriles is 2. The largest absolute Gasteiger partial charge is 0.293 e. The van der Waals surface area contributed by atoms with Crippen LogP contribution in [0.1, 0.15) is 17.7 Å². The summed E-state index contributed by atoms with van der Waals surface area (Å²) < 4.78 is 0. The zero-order valence-electron chi connectivity index (χ0n) is 8.77. The Bertz CT molecular complexity index is 538. The fourth-order valence-electron chi connectivity index (χ4n) is 1.76. The van der Waals surface area contributed by atoms with Gasteiger partial charge < -0.3 is 0 Å². The van der Waals surface area contributed by atoms with E-state index >= 15 is 0 Å². The van der Waals surface area contributed by atoms with Crippen molar-refractivity contribution in [3.05, 3.63) is 11.3 Å². The van der Waals surface area contributed by atoms with Gasteiger partial charge in [-0.25, -0.2) is 0 Å². The zero-order valence-corrected chi connectivity index (χ0v) is 9.53. The summed E-state index contributed by atoms with van der Waals surface area (Å²) >= 11 is 5.88. The van der Waals surface area contributed by atoms with Gasteiger partial charge in [0.05, 0.1) is 23.6 Å². The highest BCUT2D eigenvalue weighted by Gasteiger charge is 2.33. The third kappa shape index (κ3) is 1.95. The summed E-state index contributed by atoms with van der Waals surface area (Å²) in [5, 5.41) is 23.9. The fraction of sp³-hybridized carbons (Fsp3) is 0.400. The van der Waals surface area contributed by atoms with E-state index in [0.29, 0.717) is 12.2 Å². The summed E-state index contributed by atoms with van der Waals surface area (Å²) in [7, 11) is 0. The number of amides is 1. The van der Waals surface area contributed by atoms with Crippen LogP contribution in [0, 0.1) is 22.7 Å². The molecule has 0 bridgehead atoms. The van der Waals surface area contributed by atoms with Crippen molar-refractivity contribution >= 4 is 23.3 Å². The monoisotopic (exact) mass is 249 g/mol. The van der Waals surface area contributed by atoms with Gasteiger partial charge in [0, 0.05) is 13.0 Å². The standard InChI is InChI=1S/C10H8ClN5O/c11-6-3-9(17)16(5-6)10-7(4-13)8(1-2-12)14-15-10/h6H,1,3,5H2,(H,14,15). The Morgan fingerprint density at radius 1 is 1.59 bits per heavy atom. The predicted molar refractivity (Wildman–Crippen MR) is 59.2 cm³/mol. The van der Waals surface area contributed by atoms with Crippen molar-refractivity contribution in [2.75, 3.05) is 11.4 Å². The molecule has 7 heteroatoms. The van der Waals surface area contributed by atoms with Crippen molar-refractivity contribution in [2.24, 2.45) is 0 Å². The molecule has 1 N–H and O–H groups in total. The normalized spacial score (nSPS) is 19.1. The van der Waals surface area contributed by atoms with E-state index in [1.165, 1.54) is 4.90 Å². The van der Waals surface area contributed by atoms with Gasteiger partial charge in [-0.15, -0.1) is 11.6 Å². The highest BCUT2D eigenvalue weighted by molar-refractivity contribution is 6.24. The van der Waals surface area contributed by atoms with Gasteiger partial charge in [0.1, 0.15) is 11.6 Å². The molecule has 1 amide bonds. The van der Waals surface area contributed by atoms with Crippen LogP contribution in [0.15, 0.2) is 0 Å². The number of nitrogens with one attached hydrogen (secondary N) is 1. The Morgan fingerprint density at radius 2 is 2.35 bits per heavy atom. The van der Waals surface area contributed by atoms with E-state index in [0.717, 1.165) is 0 Å². The van der Waals surface area contributed by atoms with E-state index in [1.807, 2.05) is 12.1 Å². The van der Waals surface area contributed by atoms with Crippen molar-refractivity contribution < 1.29 is 4.79 Å². The first-order valence-corrected chi connectivity index (χ1v) is 5.39. The molecule has 2 rings (SSSR count). The summed E-state index contributed by atoms with van der Waals surface area (Å²) in [6.07, 6.45) is 0.301. The second-order valence-electron chi connectivity index (χ2n) is 3.65. The fourth-order valence-corrected chi connectivity index (χ4v) is 2.03. The molecule has 1 fully saturated rings. The van der Waals surface area contributed by atoms with Gasteiger partial charge >= 0.3 is 0 Å². The molecule has 1 aromatic rings. The van der Waals surface area contributed by atoms with Crippen LogP contribution in [0.3, 0.4) is 0 Å². The van der Waals surface area contributed by atoms with Crippen LogP contribution < -0.4 is 4.90 Å². The Labute approximate surface area is 102 Å². The number of aromatic amines is 1. The molecule has 0 radical (unpaired) electrons. The molecular formula is C10H8ClN5O. The first-order chi connectivity index (χ1) is 8.17. The molecule has 0 aliphatic carbocycles. The molecule has 86 valence electrons. The third-order valence-electron chi connectivity index (χ3n) is 2.52. The van der Waals surface area contributed by atoms with E-state index in [9.17, 15) is 4.79 Å². The summed E-state index contributed by atoms with van der Waals surface area (Å²) in [6, 6.07) is 3.89. The van der Waals surface area contributed by atoms with Crippen LogP contribution in [0.4, 0.5) is 5.82 Å². The van der Waals surface area contributed by atoms with Crippen LogP contribution in [0.2, 0.25) is 0 Å². The van der Waals surface area contributed by atoms with Crippen molar-refractivity contribution in [1.29, 1.82) is 10.5 Å². The number of hydrogen-bond donors (Lipinski definition) is 1. The topological polar surface area (TPSA) is 96.6 Å². The number of H-pyrrole nitrogens is 1. The average molecular weight is 250 g/mol. The number of rotatable bonds is 2. The molecule has 0 aromatic carbocycles. The molecule has 1 unspecified atom stereocenters. The molecule has 0 saturated carbocycles. The second-order valence-corrected chi connectivity index (χ2v) is 4.27. The van der Waals surface area contributed by atoms with E-state index in [1.54, 1.807) is 0 Å². The molecule has 2 heterocycles. The minimum Gasteiger partial charge on any atom is -0.293 e. The van der Waals surface area contributed by atoms with Gasteiger partial charge in [0.2, 0.25) is 5.91 Å². The summed E-state index contributed by atoms with van der Waals surface area (Å²) in [5.41, 5.74) is 0.668. The summed E-state index contributed by atoms with van der Waals surface area (Å²) in [6.45, 7) is 0.339. The minimum absolute atomic E-state index is 0.0578. The SMILES string of the molecule is N#CCc1[nH]nc(N2CC(Cl)CC2=O)c1C#N. The number of nitrogens with zero attached hydrogens (tertiary/aromatic N) is 4. The number of aromatic nitrogens is 2. The lowest BCUT2D eigenvalue weighted by atomic mass is 10.2. The first kappa shape index (κ1) is 11.4. The van der Waals surface area contributed by atoms with Crippen LogP contribution in [-0.4, -0.2) is 28.0 Å². The Hall–Kier alpha value is -2.05. The lowest BCUT2D eigenvalue weighted by Crippen LogP contribution is -2.25. The minimum atomic E-state index is -0.259. The Morgan fingerprint density at radius 3 is 2.88 bits per heavy atom. The first-order valence-electron chi connectivity index (χ1n) is 4.96. The third-order valence-corrected chi connectivity index (χ3v) is 2.82. The number of hydrogen-bond acceptors (Lipinski definition) is 4.